The predicted octanol–water partition coefficient (Wildman–Crippen LogP) is 2.50. The molecule has 0 spiro atoms. The van der Waals surface area contributed by atoms with Gasteiger partial charge in [-0.15, -0.1) is 0 Å². The van der Waals surface area contributed by atoms with Crippen LogP contribution in [0.2, 0.25) is 0 Å². The topological polar surface area (TPSA) is 79.5 Å². The summed E-state index contributed by atoms with van der Waals surface area (Å²) in [5, 5.41) is 12.6. The predicted molar refractivity (Wildman–Crippen MR) is 77.1 cm³/mol. The Balaban J connectivity index is 1.73. The number of furan rings is 1. The molecule has 2 aromatic rings. The van der Waals surface area contributed by atoms with Gasteiger partial charge in [-0.2, -0.15) is 0 Å². The summed E-state index contributed by atoms with van der Waals surface area (Å²) in [4.78, 5) is 23.0. The number of rotatable bonds is 3. The summed E-state index contributed by atoms with van der Waals surface area (Å²) in [5.74, 6) is -1.50. The van der Waals surface area contributed by atoms with Gasteiger partial charge in [-0.25, -0.2) is 0 Å². The lowest BCUT2D eigenvalue weighted by Crippen LogP contribution is -2.33. The maximum Gasteiger partial charge on any atom is 0.310 e. The number of nitrogens with one attached hydrogen (secondary N) is 1. The Labute approximate surface area is 121 Å². The van der Waals surface area contributed by atoms with Crippen LogP contribution in [-0.2, 0) is 4.79 Å². The fourth-order valence-corrected chi connectivity index (χ4v) is 2.50. The van der Waals surface area contributed by atoms with Gasteiger partial charge in [0.05, 0.1) is 5.92 Å². The summed E-state index contributed by atoms with van der Waals surface area (Å²) in [7, 11) is 0. The van der Waals surface area contributed by atoms with Gasteiger partial charge in [0, 0.05) is 11.4 Å². The first-order chi connectivity index (χ1) is 10.0. The summed E-state index contributed by atoms with van der Waals surface area (Å²) in [5.41, 5.74) is 1.76. The summed E-state index contributed by atoms with van der Waals surface area (Å²) in [6, 6.07) is 7.13. The molecule has 1 aromatic heterocycles. The molecule has 1 aromatic carbocycles. The van der Waals surface area contributed by atoms with Gasteiger partial charge in [0.25, 0.3) is 5.91 Å². The van der Waals surface area contributed by atoms with Gasteiger partial charge in [-0.05, 0) is 31.5 Å². The molecule has 5 heteroatoms. The number of carbonyl (C=O) groups excluding carboxylic acids is 1. The number of benzene rings is 1. The molecule has 1 aliphatic rings. The molecule has 2 atom stereocenters. The first-order valence-electron chi connectivity index (χ1n) is 6.75. The summed E-state index contributed by atoms with van der Waals surface area (Å²) >= 11 is 0. The normalized spacial score (nSPS) is 20.8. The highest BCUT2D eigenvalue weighted by molar-refractivity contribution is 5.96. The molecule has 5 nitrogen and oxygen atoms in total. The first-order valence-corrected chi connectivity index (χ1v) is 6.75. The van der Waals surface area contributed by atoms with Gasteiger partial charge < -0.3 is 14.8 Å². The molecule has 1 aliphatic carbocycles. The van der Waals surface area contributed by atoms with E-state index in [4.69, 9.17) is 9.52 Å². The quantitative estimate of drug-likeness (QED) is 0.849. The fourth-order valence-electron chi connectivity index (χ4n) is 2.50. The monoisotopic (exact) mass is 285 g/mol. The van der Waals surface area contributed by atoms with E-state index in [2.05, 4.69) is 5.32 Å². The molecule has 1 amide bonds. The minimum Gasteiger partial charge on any atom is -0.481 e. The second kappa shape index (κ2) is 5.09. The van der Waals surface area contributed by atoms with Crippen molar-refractivity contribution >= 4 is 22.8 Å². The number of carbonyl (C=O) groups is 2. The zero-order chi connectivity index (χ0) is 15.0. The highest BCUT2D eigenvalue weighted by Gasteiger charge is 2.26. The van der Waals surface area contributed by atoms with Crippen molar-refractivity contribution in [3.8, 4) is 0 Å². The third-order valence-corrected chi connectivity index (χ3v) is 3.61. The second-order valence-electron chi connectivity index (χ2n) is 5.30. The van der Waals surface area contributed by atoms with Crippen molar-refractivity contribution in [3.63, 3.8) is 0 Å². The number of hydrogen-bond acceptors (Lipinski definition) is 3. The summed E-state index contributed by atoms with van der Waals surface area (Å²) < 4.78 is 5.52. The smallest absolute Gasteiger partial charge is 0.310 e. The summed E-state index contributed by atoms with van der Waals surface area (Å²) in [6.07, 6.45) is 3.69. The number of fused-ring (bicyclic) bond motifs is 1. The molecule has 0 radical (unpaired) electrons. The molecule has 1 heterocycles. The van der Waals surface area contributed by atoms with Crippen LogP contribution in [0.15, 0.2) is 40.8 Å². The average molecular weight is 285 g/mol. The van der Waals surface area contributed by atoms with E-state index in [1.165, 1.54) is 0 Å². The molecule has 0 aliphatic heterocycles. The van der Waals surface area contributed by atoms with E-state index >= 15 is 0 Å². The van der Waals surface area contributed by atoms with Crippen molar-refractivity contribution in [2.24, 2.45) is 5.92 Å². The number of amides is 1. The van der Waals surface area contributed by atoms with Crippen molar-refractivity contribution in [1.29, 1.82) is 0 Å². The van der Waals surface area contributed by atoms with E-state index in [1.54, 1.807) is 18.2 Å². The van der Waals surface area contributed by atoms with Gasteiger partial charge in [0.2, 0.25) is 0 Å². The zero-order valence-corrected chi connectivity index (χ0v) is 11.5. The van der Waals surface area contributed by atoms with E-state index < -0.39 is 11.9 Å². The van der Waals surface area contributed by atoms with Crippen molar-refractivity contribution in [3.05, 3.63) is 47.7 Å². The van der Waals surface area contributed by atoms with Crippen LogP contribution in [0.4, 0.5) is 0 Å². The van der Waals surface area contributed by atoms with Crippen molar-refractivity contribution in [1.82, 2.24) is 5.32 Å². The minimum absolute atomic E-state index is 0.239. The second-order valence-corrected chi connectivity index (χ2v) is 5.30. The lowest BCUT2D eigenvalue weighted by Gasteiger charge is -2.10. The van der Waals surface area contributed by atoms with Crippen molar-refractivity contribution in [2.45, 2.75) is 19.4 Å². The van der Waals surface area contributed by atoms with E-state index in [1.807, 2.05) is 25.1 Å². The van der Waals surface area contributed by atoms with Gasteiger partial charge in [0.15, 0.2) is 5.76 Å². The Hall–Kier alpha value is -2.56. The number of carboxylic acid groups (broad SMARTS) is 1. The third-order valence-electron chi connectivity index (χ3n) is 3.61. The minimum atomic E-state index is -0.873. The van der Waals surface area contributed by atoms with Crippen LogP contribution in [0.1, 0.15) is 22.5 Å². The zero-order valence-electron chi connectivity index (χ0n) is 11.5. The van der Waals surface area contributed by atoms with Gasteiger partial charge >= 0.3 is 5.97 Å². The maximum absolute atomic E-state index is 12.1. The molecule has 2 unspecified atom stereocenters. The highest BCUT2D eigenvalue weighted by Crippen LogP contribution is 2.22. The Bertz CT molecular complexity index is 744. The molecule has 0 saturated carbocycles. The van der Waals surface area contributed by atoms with E-state index in [-0.39, 0.29) is 17.7 Å². The van der Waals surface area contributed by atoms with Gasteiger partial charge in [-0.1, -0.05) is 23.8 Å². The number of carboxylic acids is 1. The van der Waals surface area contributed by atoms with E-state index in [0.717, 1.165) is 10.9 Å². The number of aliphatic carboxylic acids is 1. The maximum atomic E-state index is 12.1. The van der Waals surface area contributed by atoms with Crippen molar-refractivity contribution < 1.29 is 19.1 Å². The number of hydrogen-bond donors (Lipinski definition) is 2. The Morgan fingerprint density at radius 1 is 1.29 bits per heavy atom. The molecular formula is C16H15NO4. The highest BCUT2D eigenvalue weighted by atomic mass is 16.4. The number of aryl methyl sites for hydroxylation is 1. The fraction of sp³-hybridized carbons (Fsp3) is 0.250. The summed E-state index contributed by atoms with van der Waals surface area (Å²) in [6.45, 7) is 1.97. The Kier molecular flexibility index (Phi) is 3.25. The molecule has 0 bridgehead atoms. The molecule has 3 rings (SSSR count). The van der Waals surface area contributed by atoms with Crippen LogP contribution in [0.3, 0.4) is 0 Å². The van der Waals surface area contributed by atoms with Crippen LogP contribution in [0.5, 0.6) is 0 Å². The molecule has 108 valence electrons. The van der Waals surface area contributed by atoms with Gasteiger partial charge in [-0.3, -0.25) is 9.59 Å². The van der Waals surface area contributed by atoms with E-state index in [0.29, 0.717) is 12.0 Å². The standard InChI is InChI=1S/C16H15NO4/c1-9-2-5-13-11(6-9)8-14(21-13)15(18)17-12-4-3-10(7-12)16(19)20/h2-6,8,10,12H,7H2,1H3,(H,17,18)(H,19,20). The molecule has 21 heavy (non-hydrogen) atoms. The first kappa shape index (κ1) is 13.4. The Morgan fingerprint density at radius 3 is 2.81 bits per heavy atom. The lowest BCUT2D eigenvalue weighted by atomic mass is 10.1. The van der Waals surface area contributed by atoms with Crippen LogP contribution >= 0.6 is 0 Å². The molecular weight excluding hydrogens is 270 g/mol. The van der Waals surface area contributed by atoms with Crippen LogP contribution < -0.4 is 5.32 Å². The van der Waals surface area contributed by atoms with Crippen molar-refractivity contribution in [2.75, 3.05) is 0 Å². The van der Waals surface area contributed by atoms with Gasteiger partial charge in [0.1, 0.15) is 5.58 Å². The third kappa shape index (κ3) is 2.67. The van der Waals surface area contributed by atoms with Crippen LogP contribution in [-0.4, -0.2) is 23.0 Å². The van der Waals surface area contributed by atoms with E-state index in [9.17, 15) is 9.59 Å². The molecule has 2 N–H and O–H groups in total. The van der Waals surface area contributed by atoms with Crippen LogP contribution in [0.25, 0.3) is 11.0 Å². The average Bonchev–Trinajstić information content (AvgIpc) is 3.04. The molecule has 0 fully saturated rings. The lowest BCUT2D eigenvalue weighted by molar-refractivity contribution is -0.140. The Morgan fingerprint density at radius 2 is 2.10 bits per heavy atom. The largest absolute Gasteiger partial charge is 0.481 e. The van der Waals surface area contributed by atoms with Crippen LogP contribution in [0, 0.1) is 12.8 Å². The SMILES string of the molecule is Cc1ccc2oc(C(=O)NC3C=CC(C(=O)O)C3)cc2c1. The molecule has 0 saturated heterocycles.